The first-order chi connectivity index (χ1) is 22.4. The van der Waals surface area contributed by atoms with Crippen LogP contribution >= 0.6 is 11.8 Å². The molecule has 1 aliphatic heterocycles. The van der Waals surface area contributed by atoms with Crippen LogP contribution in [0.1, 0.15) is 83.6 Å². The second-order valence-corrected chi connectivity index (χ2v) is 16.9. The van der Waals surface area contributed by atoms with Crippen LogP contribution in [-0.4, -0.2) is 58.8 Å². The second-order valence-electron chi connectivity index (χ2n) is 16.0. The van der Waals surface area contributed by atoms with Crippen molar-refractivity contribution in [3.63, 3.8) is 0 Å². The number of allylic oxidation sites excluding steroid dienone is 1. The fourth-order valence-electron chi connectivity index (χ4n) is 10.00. The van der Waals surface area contributed by atoms with E-state index in [0.29, 0.717) is 38.9 Å². The third-order valence-electron chi connectivity index (χ3n) is 12.6. The van der Waals surface area contributed by atoms with E-state index in [4.69, 9.17) is 9.47 Å². The second kappa shape index (κ2) is 11.3. The first-order valence-electron chi connectivity index (χ1n) is 17.0. The predicted molar refractivity (Wildman–Crippen MR) is 175 cm³/mol. The molecule has 0 radical (unpaired) electrons. The van der Waals surface area contributed by atoms with Gasteiger partial charge in [-0.1, -0.05) is 62.7 Å². The molecule has 4 fully saturated rings. The van der Waals surface area contributed by atoms with E-state index in [1.165, 1.54) is 6.92 Å². The van der Waals surface area contributed by atoms with E-state index < -0.39 is 52.8 Å². The molecule has 7 rings (SSSR count). The zero-order chi connectivity index (χ0) is 34.5. The van der Waals surface area contributed by atoms with E-state index in [9.17, 15) is 23.4 Å². The molecule has 0 bridgehead atoms. The normalized spacial score (nSPS) is 36.0. The van der Waals surface area contributed by atoms with Gasteiger partial charge in [-0.05, 0) is 91.0 Å². The summed E-state index contributed by atoms with van der Waals surface area (Å²) in [5.41, 5.74) is -1.82. The Hall–Kier alpha value is -1.98. The number of alkyl halides is 5. The van der Waals surface area contributed by atoms with Crippen molar-refractivity contribution in [3.8, 4) is 11.1 Å². The van der Waals surface area contributed by atoms with Crippen LogP contribution in [0, 0.1) is 22.7 Å². The molecule has 48 heavy (non-hydrogen) atoms. The molecule has 1 spiro atoms. The van der Waals surface area contributed by atoms with Crippen LogP contribution in [0.2, 0.25) is 0 Å². The summed E-state index contributed by atoms with van der Waals surface area (Å²) in [5.74, 6) is -7.69. The predicted octanol–water partition coefficient (Wildman–Crippen LogP) is 9.30. The third-order valence-corrected chi connectivity index (χ3v) is 13.4. The third kappa shape index (κ3) is 5.13. The number of benzene rings is 2. The molecule has 0 aromatic heterocycles. The molecule has 2 aromatic carbocycles. The van der Waals surface area contributed by atoms with Crippen molar-refractivity contribution in [2.75, 3.05) is 19.5 Å². The van der Waals surface area contributed by atoms with E-state index in [2.05, 4.69) is 13.8 Å². The van der Waals surface area contributed by atoms with Gasteiger partial charge >= 0.3 is 12.1 Å². The van der Waals surface area contributed by atoms with E-state index in [1.807, 2.05) is 54.8 Å². The number of fused-ring (bicyclic) bond motifs is 4. The molecule has 10 heteroatoms. The number of rotatable bonds is 4. The van der Waals surface area contributed by atoms with Crippen molar-refractivity contribution in [1.29, 1.82) is 0 Å². The lowest BCUT2D eigenvalue weighted by molar-refractivity contribution is -0.362. The Morgan fingerprint density at radius 3 is 2.00 bits per heavy atom. The number of halogens is 5. The molecule has 0 amide bonds. The van der Waals surface area contributed by atoms with Crippen molar-refractivity contribution >= 4 is 11.8 Å². The molecular formula is C38H45F5O4S. The highest BCUT2D eigenvalue weighted by molar-refractivity contribution is 7.98. The number of hydrogen-bond acceptors (Lipinski definition) is 5. The summed E-state index contributed by atoms with van der Waals surface area (Å²) in [6.45, 7) is 6.57. The monoisotopic (exact) mass is 692 g/mol. The van der Waals surface area contributed by atoms with Crippen LogP contribution in [-0.2, 0) is 9.47 Å². The molecule has 5 aliphatic rings. The van der Waals surface area contributed by atoms with Crippen LogP contribution in [0.4, 0.5) is 22.0 Å². The van der Waals surface area contributed by atoms with Crippen molar-refractivity contribution < 1.29 is 41.6 Å². The van der Waals surface area contributed by atoms with E-state index >= 15 is 8.78 Å². The minimum atomic E-state index is -5.89. The van der Waals surface area contributed by atoms with Gasteiger partial charge in [0, 0.05) is 34.5 Å². The highest BCUT2D eigenvalue weighted by Crippen LogP contribution is 2.71. The Balaban J connectivity index is 1.32. The van der Waals surface area contributed by atoms with Crippen molar-refractivity contribution in [2.45, 2.75) is 112 Å². The number of aliphatic hydroxyl groups is 2. The largest absolute Gasteiger partial charge is 0.456 e. The maximum atomic E-state index is 15.4. The molecule has 1 saturated heterocycles. The lowest BCUT2D eigenvalue weighted by atomic mass is 9.49. The highest BCUT2D eigenvalue weighted by atomic mass is 32.2. The molecule has 2 N–H and O–H groups in total. The fraction of sp³-hybridized carbons (Fsp3) is 0.632. The number of thioether (sulfide) groups is 1. The van der Waals surface area contributed by atoms with Gasteiger partial charge in [-0.3, -0.25) is 0 Å². The van der Waals surface area contributed by atoms with Gasteiger partial charge in [0.05, 0.1) is 18.8 Å². The zero-order valence-electron chi connectivity index (χ0n) is 27.9. The molecule has 4 aliphatic carbocycles. The van der Waals surface area contributed by atoms with Crippen LogP contribution in [0.3, 0.4) is 0 Å². The lowest BCUT2D eigenvalue weighted by Crippen LogP contribution is -2.65. The molecule has 4 nitrogen and oxygen atoms in total. The molecule has 1 heterocycles. The summed E-state index contributed by atoms with van der Waals surface area (Å²) >= 11 is 1.64. The quantitative estimate of drug-likeness (QED) is 0.190. The van der Waals surface area contributed by atoms with Gasteiger partial charge in [0.25, 0.3) is 0 Å². The first-order valence-corrected chi connectivity index (χ1v) is 18.3. The average Bonchev–Trinajstić information content (AvgIpc) is 3.32. The standard InChI is InChI=1S/C38H45F5O4S/c1-32(2)21-46-35(47-22-32)17-14-30-31-27(13-16-34(30,44)20-35)29-15-18-36(45,37(39,40)38(41,42)43)33(29,3)19-28(31)25-7-5-23(6-8-25)24-9-11-26(48-4)12-10-24/h5-12,27-29,44-45H,13-22H2,1-4H3/t27-,28+,29-,33-,34+,36-/m0/s1. The highest BCUT2D eigenvalue weighted by Gasteiger charge is 2.79. The van der Waals surface area contributed by atoms with Gasteiger partial charge < -0.3 is 19.7 Å². The lowest BCUT2D eigenvalue weighted by Gasteiger charge is -2.59. The van der Waals surface area contributed by atoms with Crippen LogP contribution in [0.15, 0.2) is 64.6 Å². The molecule has 3 saturated carbocycles. The summed E-state index contributed by atoms with van der Waals surface area (Å²) in [6, 6.07) is 15.9. The summed E-state index contributed by atoms with van der Waals surface area (Å²) < 4.78 is 85.4. The average molecular weight is 693 g/mol. The summed E-state index contributed by atoms with van der Waals surface area (Å²) in [4.78, 5) is 1.13. The van der Waals surface area contributed by atoms with E-state index in [-0.39, 0.29) is 30.6 Å². The van der Waals surface area contributed by atoms with Gasteiger partial charge in [0.1, 0.15) is 5.60 Å². The Bertz CT molecular complexity index is 1580. The maximum Gasteiger partial charge on any atom is 0.456 e. The van der Waals surface area contributed by atoms with Gasteiger partial charge in [-0.15, -0.1) is 11.8 Å². The Labute approximate surface area is 283 Å². The van der Waals surface area contributed by atoms with Gasteiger partial charge in [0.2, 0.25) is 0 Å². The summed E-state index contributed by atoms with van der Waals surface area (Å²) in [6.07, 6.45) is -2.56. The Kier molecular flexibility index (Phi) is 8.09. The Morgan fingerprint density at radius 2 is 1.42 bits per heavy atom. The zero-order valence-corrected chi connectivity index (χ0v) is 28.7. The Morgan fingerprint density at radius 1 is 0.812 bits per heavy atom. The molecule has 2 aromatic rings. The van der Waals surface area contributed by atoms with Gasteiger partial charge in [-0.25, -0.2) is 0 Å². The SMILES string of the molecule is CSc1ccc(-c2ccc([C@H]3C[C@@]4(C)[C@@H](CC[C@@]4(O)C(F)(F)C(F)(F)F)[C@@H]4CC[C@@]5(O)CC6(CCC5=C43)OCC(C)(C)CO6)cc2)cc1. The number of ether oxygens (including phenoxy) is 2. The van der Waals surface area contributed by atoms with Crippen LogP contribution in [0.5, 0.6) is 0 Å². The maximum absolute atomic E-state index is 15.4. The molecule has 262 valence electrons. The topological polar surface area (TPSA) is 58.9 Å². The summed E-state index contributed by atoms with van der Waals surface area (Å²) in [7, 11) is 0. The first kappa shape index (κ1) is 34.5. The molecule has 0 unspecified atom stereocenters. The van der Waals surface area contributed by atoms with Crippen molar-refractivity contribution in [2.24, 2.45) is 22.7 Å². The van der Waals surface area contributed by atoms with Crippen LogP contribution < -0.4 is 0 Å². The van der Waals surface area contributed by atoms with Gasteiger partial charge in [0.15, 0.2) is 5.79 Å². The fourth-order valence-corrected chi connectivity index (χ4v) is 10.4. The van der Waals surface area contributed by atoms with Crippen LogP contribution in [0.25, 0.3) is 11.1 Å². The minimum Gasteiger partial charge on any atom is -0.385 e. The minimum absolute atomic E-state index is 0.0570. The summed E-state index contributed by atoms with van der Waals surface area (Å²) in [5, 5.41) is 24.0. The smallest absolute Gasteiger partial charge is 0.385 e. The van der Waals surface area contributed by atoms with E-state index in [1.54, 1.807) is 11.8 Å². The number of hydrogen-bond donors (Lipinski definition) is 2. The van der Waals surface area contributed by atoms with Gasteiger partial charge in [-0.2, -0.15) is 22.0 Å². The molecule has 6 atom stereocenters. The van der Waals surface area contributed by atoms with Crippen molar-refractivity contribution in [1.82, 2.24) is 0 Å². The molecular weight excluding hydrogens is 647 g/mol. The van der Waals surface area contributed by atoms with Crippen molar-refractivity contribution in [3.05, 3.63) is 65.2 Å². The van der Waals surface area contributed by atoms with E-state index in [0.717, 1.165) is 32.7 Å².